The first kappa shape index (κ1) is 14.3. The largest absolute Gasteiger partial charge is 0.423 e. The van der Waals surface area contributed by atoms with Crippen molar-refractivity contribution < 1.29 is 14.6 Å². The number of aliphatic hydroxyl groups is 1. The van der Waals surface area contributed by atoms with Gasteiger partial charge in [0.05, 0.1) is 5.02 Å². The lowest BCUT2D eigenvalue weighted by Crippen LogP contribution is -2.37. The van der Waals surface area contributed by atoms with Gasteiger partial charge in [-0.1, -0.05) is 44.0 Å². The van der Waals surface area contributed by atoms with E-state index in [1.54, 1.807) is 26.8 Å². The molecule has 0 fully saturated rings. The van der Waals surface area contributed by atoms with Crippen LogP contribution in [-0.4, -0.2) is 17.2 Å². The summed E-state index contributed by atoms with van der Waals surface area (Å²) < 4.78 is 5.01. The molecule has 3 nitrogen and oxygen atoms in total. The van der Waals surface area contributed by atoms with Gasteiger partial charge in [-0.3, -0.25) is 0 Å². The molecule has 1 rings (SSSR count). The third kappa shape index (κ3) is 3.87. The molecule has 0 heterocycles. The number of carbonyl (C=O) groups is 1. The number of hydrogen-bond donors (Lipinski definition) is 1. The van der Waals surface area contributed by atoms with Crippen LogP contribution in [0, 0.1) is 5.41 Å². The summed E-state index contributed by atoms with van der Waals surface area (Å²) in [6.07, 6.45) is -1.21. The highest BCUT2D eigenvalue weighted by Gasteiger charge is 2.31. The van der Waals surface area contributed by atoms with Crippen LogP contribution in [-0.2, 0) is 4.79 Å². The van der Waals surface area contributed by atoms with Gasteiger partial charge in [-0.05, 0) is 23.6 Å². The molecule has 1 N–H and O–H groups in total. The average Bonchev–Trinajstić information content (AvgIpc) is 2.19. The lowest BCUT2D eigenvalue weighted by Gasteiger charge is -2.23. The molecule has 0 spiro atoms. The van der Waals surface area contributed by atoms with Crippen molar-refractivity contribution in [2.24, 2.45) is 5.41 Å². The Morgan fingerprint density at radius 2 is 1.94 bits per heavy atom. The van der Waals surface area contributed by atoms with Gasteiger partial charge >= 0.3 is 5.97 Å². The Kier molecular flexibility index (Phi) is 4.42. The van der Waals surface area contributed by atoms with Gasteiger partial charge in [0.25, 0.3) is 0 Å². The lowest BCUT2D eigenvalue weighted by atomic mass is 9.89. The monoisotopic (exact) mass is 276 g/mol. The number of halogens is 2. The Bertz CT molecular complexity index is 424. The molecular formula is C12H14Cl2O3. The minimum atomic E-state index is -1.21. The van der Waals surface area contributed by atoms with Gasteiger partial charge in [0, 0.05) is 5.02 Å². The van der Waals surface area contributed by atoms with Crippen LogP contribution >= 0.6 is 23.2 Å². The molecule has 0 radical (unpaired) electrons. The summed E-state index contributed by atoms with van der Waals surface area (Å²) in [4.78, 5) is 11.6. The maximum atomic E-state index is 11.6. The van der Waals surface area contributed by atoms with E-state index in [1.807, 2.05) is 0 Å². The van der Waals surface area contributed by atoms with Crippen molar-refractivity contribution in [3.8, 4) is 5.75 Å². The van der Waals surface area contributed by atoms with Crippen LogP contribution in [0.5, 0.6) is 5.75 Å². The predicted molar refractivity (Wildman–Crippen MR) is 67.6 cm³/mol. The highest BCUT2D eigenvalue weighted by molar-refractivity contribution is 6.35. The van der Waals surface area contributed by atoms with Crippen LogP contribution in [0.15, 0.2) is 18.2 Å². The van der Waals surface area contributed by atoms with Gasteiger partial charge in [0.2, 0.25) is 0 Å². The van der Waals surface area contributed by atoms with Crippen molar-refractivity contribution in [2.45, 2.75) is 26.9 Å². The number of ether oxygens (including phenoxy) is 1. The Morgan fingerprint density at radius 1 is 1.35 bits per heavy atom. The molecule has 1 aromatic rings. The van der Waals surface area contributed by atoms with Gasteiger partial charge in [0.15, 0.2) is 6.10 Å². The van der Waals surface area contributed by atoms with Crippen molar-refractivity contribution in [3.63, 3.8) is 0 Å². The quantitative estimate of drug-likeness (QED) is 0.666. The maximum absolute atomic E-state index is 11.6. The summed E-state index contributed by atoms with van der Waals surface area (Å²) in [5.74, 6) is -0.550. The SMILES string of the molecule is CC(C)(C)C(O)C(=O)Oc1ccc(Cl)cc1Cl. The lowest BCUT2D eigenvalue weighted by molar-refractivity contribution is -0.149. The molecular weight excluding hydrogens is 263 g/mol. The van der Waals surface area contributed by atoms with Crippen LogP contribution in [0.1, 0.15) is 20.8 Å². The fourth-order valence-corrected chi connectivity index (χ4v) is 1.52. The molecule has 0 saturated heterocycles. The molecule has 0 aliphatic heterocycles. The Morgan fingerprint density at radius 3 is 2.41 bits per heavy atom. The molecule has 94 valence electrons. The minimum Gasteiger partial charge on any atom is -0.423 e. The van der Waals surface area contributed by atoms with E-state index in [4.69, 9.17) is 27.9 Å². The van der Waals surface area contributed by atoms with Gasteiger partial charge in [0.1, 0.15) is 5.75 Å². The van der Waals surface area contributed by atoms with Crippen LogP contribution in [0.4, 0.5) is 0 Å². The minimum absolute atomic E-state index is 0.185. The zero-order valence-corrected chi connectivity index (χ0v) is 11.3. The fourth-order valence-electron chi connectivity index (χ4n) is 1.08. The standard InChI is InChI=1S/C12H14Cl2O3/c1-12(2,3)10(15)11(16)17-9-5-4-7(13)6-8(9)14/h4-6,10,15H,1-3H3. The van der Waals surface area contributed by atoms with E-state index in [1.165, 1.54) is 12.1 Å². The summed E-state index contributed by atoms with van der Waals surface area (Å²) in [5, 5.41) is 10.4. The van der Waals surface area contributed by atoms with Crippen molar-refractivity contribution >= 4 is 29.2 Å². The number of benzene rings is 1. The van der Waals surface area contributed by atoms with Gasteiger partial charge in [-0.25, -0.2) is 4.79 Å². The van der Waals surface area contributed by atoms with E-state index in [0.717, 1.165) is 0 Å². The molecule has 1 atom stereocenters. The second-order valence-corrected chi connectivity index (χ2v) is 5.61. The molecule has 0 amide bonds. The third-order valence-corrected chi connectivity index (χ3v) is 2.68. The van der Waals surface area contributed by atoms with E-state index in [-0.39, 0.29) is 10.8 Å². The second kappa shape index (κ2) is 5.25. The summed E-state index contributed by atoms with van der Waals surface area (Å²) in [6.45, 7) is 5.22. The first-order chi connectivity index (χ1) is 7.71. The van der Waals surface area contributed by atoms with Crippen LogP contribution in [0.3, 0.4) is 0 Å². The Labute approximate surface area is 110 Å². The molecule has 1 aromatic carbocycles. The van der Waals surface area contributed by atoms with E-state index in [0.29, 0.717) is 5.02 Å². The molecule has 0 aromatic heterocycles. The summed E-state index contributed by atoms with van der Waals surface area (Å²) in [5.41, 5.74) is -0.587. The van der Waals surface area contributed by atoms with Crippen LogP contribution < -0.4 is 4.74 Å². The maximum Gasteiger partial charge on any atom is 0.340 e. The van der Waals surface area contributed by atoms with Crippen molar-refractivity contribution in [1.29, 1.82) is 0 Å². The molecule has 0 bridgehead atoms. The second-order valence-electron chi connectivity index (χ2n) is 4.76. The summed E-state index contributed by atoms with van der Waals surface area (Å²) in [6, 6.07) is 4.51. The van der Waals surface area contributed by atoms with Crippen LogP contribution in [0.25, 0.3) is 0 Å². The number of hydrogen-bond acceptors (Lipinski definition) is 3. The highest BCUT2D eigenvalue weighted by Crippen LogP contribution is 2.29. The molecule has 0 aliphatic carbocycles. The number of aliphatic hydroxyl groups excluding tert-OH is 1. The van der Waals surface area contributed by atoms with E-state index in [9.17, 15) is 9.90 Å². The normalized spacial score (nSPS) is 13.3. The Hall–Kier alpha value is -0.770. The van der Waals surface area contributed by atoms with Gasteiger partial charge in [-0.2, -0.15) is 0 Å². The number of esters is 1. The fraction of sp³-hybridized carbons (Fsp3) is 0.417. The smallest absolute Gasteiger partial charge is 0.340 e. The Balaban J connectivity index is 2.82. The van der Waals surface area contributed by atoms with Crippen molar-refractivity contribution in [2.75, 3.05) is 0 Å². The highest BCUT2D eigenvalue weighted by atomic mass is 35.5. The molecule has 0 aliphatic rings. The van der Waals surface area contributed by atoms with E-state index in [2.05, 4.69) is 0 Å². The van der Waals surface area contributed by atoms with Gasteiger partial charge < -0.3 is 9.84 Å². The third-order valence-electron chi connectivity index (χ3n) is 2.15. The van der Waals surface area contributed by atoms with E-state index < -0.39 is 17.5 Å². The number of carbonyl (C=O) groups excluding carboxylic acids is 1. The molecule has 1 unspecified atom stereocenters. The summed E-state index contributed by atoms with van der Waals surface area (Å²) in [7, 11) is 0. The van der Waals surface area contributed by atoms with Crippen molar-refractivity contribution in [3.05, 3.63) is 28.2 Å². The zero-order chi connectivity index (χ0) is 13.2. The molecule has 17 heavy (non-hydrogen) atoms. The van der Waals surface area contributed by atoms with E-state index >= 15 is 0 Å². The predicted octanol–water partition coefficient (Wildman–Crippen LogP) is 3.31. The number of rotatable bonds is 2. The topological polar surface area (TPSA) is 46.5 Å². The average molecular weight is 277 g/mol. The molecule has 0 saturated carbocycles. The van der Waals surface area contributed by atoms with Crippen molar-refractivity contribution in [1.82, 2.24) is 0 Å². The summed E-state index contributed by atoms with van der Waals surface area (Å²) >= 11 is 11.6. The van der Waals surface area contributed by atoms with Gasteiger partial charge in [-0.15, -0.1) is 0 Å². The molecule has 5 heteroatoms. The first-order valence-corrected chi connectivity index (χ1v) is 5.82. The zero-order valence-electron chi connectivity index (χ0n) is 9.83. The van der Waals surface area contributed by atoms with Crippen LogP contribution in [0.2, 0.25) is 10.0 Å². The first-order valence-electron chi connectivity index (χ1n) is 5.06.